The van der Waals surface area contributed by atoms with Crippen molar-refractivity contribution >= 4 is 11.8 Å². The zero-order valence-corrected chi connectivity index (χ0v) is 33.0. The zero-order chi connectivity index (χ0) is 44.3. The number of aliphatic hydroxyl groups excluding tert-OH is 6. The summed E-state index contributed by atoms with van der Waals surface area (Å²) in [5, 5.41) is 91.1. The van der Waals surface area contributed by atoms with E-state index in [-0.39, 0.29) is 35.0 Å². The normalized spacial score (nSPS) is 29.0. The predicted molar refractivity (Wildman–Crippen MR) is 209 cm³/mol. The molecule has 3 aliphatic rings. The molecule has 4 aromatic rings. The molecule has 2 saturated heterocycles. The number of hydrogen-bond donors (Lipinski definition) is 9. The molecule has 328 valence electrons. The van der Waals surface area contributed by atoms with E-state index in [2.05, 4.69) is 0 Å². The molecule has 0 bridgehead atoms. The lowest BCUT2D eigenvalue weighted by Gasteiger charge is -2.42. The van der Waals surface area contributed by atoms with Gasteiger partial charge in [-0.25, -0.2) is 4.39 Å². The number of carboxylic acid groups (broad SMARTS) is 1. The number of Topliss-reactive ketones (excluding diaryl/α,β-unsaturated/α-hetero) is 1. The van der Waals surface area contributed by atoms with Crippen LogP contribution < -0.4 is 14.2 Å². The molecular weight excluding hydrogens is 807 g/mol. The third-order valence-electron chi connectivity index (χ3n) is 10.7. The van der Waals surface area contributed by atoms with Gasteiger partial charge >= 0.3 is 5.97 Å². The van der Waals surface area contributed by atoms with Gasteiger partial charge in [0.2, 0.25) is 6.29 Å². The number of phenolic OH excluding ortho intramolecular Hbond substituents is 2. The van der Waals surface area contributed by atoms with Crippen molar-refractivity contribution in [1.82, 2.24) is 0 Å². The number of hydrogen-bond acceptors (Lipinski definition) is 16. The van der Waals surface area contributed by atoms with E-state index in [4.69, 9.17) is 33.5 Å². The van der Waals surface area contributed by atoms with Gasteiger partial charge in [-0.3, -0.25) is 9.59 Å². The van der Waals surface area contributed by atoms with E-state index in [1.165, 1.54) is 38.3 Å². The molecule has 0 aliphatic carbocycles. The molecule has 3 heterocycles. The lowest BCUT2D eigenvalue weighted by atomic mass is 9.95. The molecule has 4 aromatic carbocycles. The van der Waals surface area contributed by atoms with Crippen LogP contribution in [0.25, 0.3) is 11.1 Å². The highest BCUT2D eigenvalue weighted by molar-refractivity contribution is 6.02. The molecule has 3 aliphatic heterocycles. The van der Waals surface area contributed by atoms with Gasteiger partial charge in [-0.05, 0) is 48.7 Å². The second-order valence-corrected chi connectivity index (χ2v) is 14.8. The molecule has 0 saturated carbocycles. The van der Waals surface area contributed by atoms with Gasteiger partial charge in [0.1, 0.15) is 77.5 Å². The topological polar surface area (TPSA) is 272 Å². The van der Waals surface area contributed by atoms with Gasteiger partial charge in [0.15, 0.2) is 23.6 Å². The van der Waals surface area contributed by atoms with E-state index in [9.17, 15) is 54.8 Å². The molecule has 17 nitrogen and oxygen atoms in total. The van der Waals surface area contributed by atoms with Gasteiger partial charge < -0.3 is 74.4 Å². The summed E-state index contributed by atoms with van der Waals surface area (Å²) in [7, 11) is 1.39. The lowest BCUT2D eigenvalue weighted by molar-refractivity contribution is -0.318. The van der Waals surface area contributed by atoms with Crippen molar-refractivity contribution in [3.05, 3.63) is 101 Å². The van der Waals surface area contributed by atoms with Gasteiger partial charge in [-0.15, -0.1) is 0 Å². The molecule has 0 amide bonds. The van der Waals surface area contributed by atoms with E-state index in [1.807, 2.05) is 30.3 Å². The van der Waals surface area contributed by atoms with Crippen LogP contribution in [0.1, 0.15) is 53.8 Å². The van der Waals surface area contributed by atoms with Crippen LogP contribution in [0, 0.1) is 5.82 Å². The number of methoxy groups -OCH3 is 1. The number of ketones is 1. The van der Waals surface area contributed by atoms with Crippen LogP contribution in [0.2, 0.25) is 0 Å². The maximum atomic E-state index is 14.0. The summed E-state index contributed by atoms with van der Waals surface area (Å²) in [6.45, 7) is 2.51. The monoisotopic (exact) mass is 854 g/mol. The Morgan fingerprint density at radius 2 is 1.51 bits per heavy atom. The Balaban J connectivity index is 0.000000288. The number of aliphatic carboxylic acids is 1. The number of benzene rings is 4. The standard InChI is InChI=1S/C28H34O15.C15H13FO2/c1-10-21(32)23(34)25(36)27(40-10)39-9-19-22(33)24(35)26(37)28(43-19)41-12-6-14(30)20-15(31)8-17(42-18(20)7-12)11-3-4-16(38-2)13(29)5-11;1-10(15(17)18)12-7-8-13(14(16)9-12)11-5-3-2-4-6-11/h3-7,10,17,19,21-30,32-37H,8-9H2,1-2H3;2-10H,1H3,(H,17,18)/t10-,17-,19+,21-,22+,23+,24-,25+,26+,27+,28+;/m0./s1. The second-order valence-electron chi connectivity index (χ2n) is 14.8. The van der Waals surface area contributed by atoms with Gasteiger partial charge in [0.05, 0.1) is 32.2 Å². The number of ether oxygens (including phenoxy) is 6. The van der Waals surface area contributed by atoms with Crippen molar-refractivity contribution in [2.45, 2.75) is 93.7 Å². The number of fused-ring (bicyclic) bond motifs is 1. The number of aromatic hydroxyl groups is 2. The van der Waals surface area contributed by atoms with Crippen LogP contribution >= 0.6 is 0 Å². The van der Waals surface area contributed by atoms with Crippen molar-refractivity contribution in [1.29, 1.82) is 0 Å². The van der Waals surface area contributed by atoms with Gasteiger partial charge in [-0.2, -0.15) is 0 Å². The summed E-state index contributed by atoms with van der Waals surface area (Å²) in [5.74, 6) is -3.06. The average Bonchev–Trinajstić information content (AvgIpc) is 3.24. The number of aliphatic hydroxyl groups is 6. The quantitative estimate of drug-likeness (QED) is 0.111. The van der Waals surface area contributed by atoms with E-state index < -0.39 is 103 Å². The minimum atomic E-state index is -1.77. The van der Waals surface area contributed by atoms with Crippen molar-refractivity contribution in [2.24, 2.45) is 0 Å². The largest absolute Gasteiger partial charge is 0.507 e. The van der Waals surface area contributed by atoms with E-state index in [0.29, 0.717) is 16.7 Å². The Labute approximate surface area is 348 Å². The number of carboxylic acids is 1. The minimum Gasteiger partial charge on any atom is -0.507 e. The third-order valence-corrected chi connectivity index (χ3v) is 10.7. The molecule has 18 heteroatoms. The van der Waals surface area contributed by atoms with Crippen LogP contribution in [-0.4, -0.2) is 133 Å². The molecule has 12 atom stereocenters. The number of rotatable bonds is 10. The SMILES string of the molecule is CC(C(=O)O)c1ccc(-c2ccccc2)c(F)c1.COc1ccc([C@@H]2CC(=O)c3c(O)cc(O[C@@H]4O[C@H](CO[C@@H]5O[C@@H](C)[C@H](O)[C@@H](O)[C@H]5O)[C@@H](O)[C@H](O)[C@H]4O)cc3O2)cc1O. The molecule has 1 unspecified atom stereocenters. The molecule has 0 aromatic heterocycles. The number of carbonyl (C=O) groups is 2. The molecule has 9 N–H and O–H groups in total. The molecular formula is C43H47FO17. The van der Waals surface area contributed by atoms with Crippen molar-refractivity contribution < 1.29 is 88.4 Å². The first-order valence-corrected chi connectivity index (χ1v) is 19.2. The van der Waals surface area contributed by atoms with Crippen LogP contribution in [0.3, 0.4) is 0 Å². The highest BCUT2D eigenvalue weighted by Crippen LogP contribution is 2.43. The van der Waals surface area contributed by atoms with Crippen molar-refractivity contribution in [3.63, 3.8) is 0 Å². The summed E-state index contributed by atoms with van der Waals surface area (Å²) >= 11 is 0. The molecule has 0 spiro atoms. The summed E-state index contributed by atoms with van der Waals surface area (Å²) in [6.07, 6.45) is -15.9. The second kappa shape index (κ2) is 19.1. The average molecular weight is 855 g/mol. The van der Waals surface area contributed by atoms with Gasteiger partial charge in [-0.1, -0.05) is 48.5 Å². The van der Waals surface area contributed by atoms with Crippen LogP contribution in [0.4, 0.5) is 4.39 Å². The Kier molecular flexibility index (Phi) is 14.1. The van der Waals surface area contributed by atoms with E-state index in [1.54, 1.807) is 25.1 Å². The Morgan fingerprint density at radius 1 is 0.820 bits per heavy atom. The number of carbonyl (C=O) groups excluding carboxylic acids is 1. The number of halogens is 1. The summed E-state index contributed by atoms with van der Waals surface area (Å²) in [5.41, 5.74) is 2.11. The maximum absolute atomic E-state index is 14.0. The summed E-state index contributed by atoms with van der Waals surface area (Å²) < 4.78 is 47.1. The Bertz CT molecular complexity index is 2170. The first kappa shape index (κ1) is 45.1. The van der Waals surface area contributed by atoms with Gasteiger partial charge in [0.25, 0.3) is 0 Å². The smallest absolute Gasteiger partial charge is 0.310 e. The predicted octanol–water partition coefficient (Wildman–Crippen LogP) is 2.52. The lowest BCUT2D eigenvalue weighted by Crippen LogP contribution is -2.61. The fourth-order valence-electron chi connectivity index (χ4n) is 7.00. The number of phenols is 2. The molecule has 61 heavy (non-hydrogen) atoms. The van der Waals surface area contributed by atoms with Crippen LogP contribution in [0.15, 0.2) is 78.9 Å². The van der Waals surface area contributed by atoms with Crippen molar-refractivity contribution in [2.75, 3.05) is 13.7 Å². The Hall–Kier alpha value is -5.41. The van der Waals surface area contributed by atoms with Gasteiger partial charge in [0, 0.05) is 17.7 Å². The summed E-state index contributed by atoms with van der Waals surface area (Å²) in [4.78, 5) is 23.7. The zero-order valence-electron chi connectivity index (χ0n) is 33.0. The third kappa shape index (κ3) is 9.88. The molecule has 2 fully saturated rings. The molecule has 7 rings (SSSR count). The first-order chi connectivity index (χ1) is 29.0. The first-order valence-electron chi connectivity index (χ1n) is 19.2. The Morgan fingerprint density at radius 3 is 2.16 bits per heavy atom. The van der Waals surface area contributed by atoms with E-state index >= 15 is 0 Å². The highest BCUT2D eigenvalue weighted by atomic mass is 19.1. The molecule has 0 radical (unpaired) electrons. The highest BCUT2D eigenvalue weighted by Gasteiger charge is 2.47. The summed E-state index contributed by atoms with van der Waals surface area (Å²) in [6, 6.07) is 20.6. The maximum Gasteiger partial charge on any atom is 0.310 e. The fourth-order valence-corrected chi connectivity index (χ4v) is 7.00. The van der Waals surface area contributed by atoms with Crippen LogP contribution in [0.5, 0.6) is 28.7 Å². The minimum absolute atomic E-state index is 0.0457. The van der Waals surface area contributed by atoms with Crippen molar-refractivity contribution in [3.8, 4) is 39.9 Å². The van der Waals surface area contributed by atoms with Crippen LogP contribution in [-0.2, 0) is 19.0 Å². The van der Waals surface area contributed by atoms with E-state index in [0.717, 1.165) is 11.6 Å². The fraction of sp³-hybridized carbons (Fsp3) is 0.395.